The monoisotopic (exact) mass is 314 g/mol. The van der Waals surface area contributed by atoms with E-state index in [0.717, 1.165) is 30.8 Å². The zero-order chi connectivity index (χ0) is 14.2. The van der Waals surface area contributed by atoms with Crippen LogP contribution >= 0.6 is 12.4 Å². The van der Waals surface area contributed by atoms with Crippen LogP contribution in [0.2, 0.25) is 0 Å². The Morgan fingerprint density at radius 2 is 2.14 bits per heavy atom. The molecule has 6 heteroatoms. The van der Waals surface area contributed by atoms with Gasteiger partial charge >= 0.3 is 0 Å². The lowest BCUT2D eigenvalue weighted by Crippen LogP contribution is -2.40. The van der Waals surface area contributed by atoms with Gasteiger partial charge in [-0.05, 0) is 18.1 Å². The van der Waals surface area contributed by atoms with Gasteiger partial charge in [0, 0.05) is 26.7 Å². The Hall–Kier alpha value is -1.30. The molecule has 21 heavy (non-hydrogen) atoms. The molecule has 118 valence electrons. The molecule has 1 atom stereocenters. The highest BCUT2D eigenvalue weighted by atomic mass is 35.5. The molecule has 1 heterocycles. The SMILES string of the molecule is COCCNCCNC(=O)C1COc2ccccc2C1.Cl. The molecule has 1 aliphatic rings. The average Bonchev–Trinajstić information content (AvgIpc) is 2.50. The van der Waals surface area contributed by atoms with Crippen LogP contribution in [0.5, 0.6) is 5.75 Å². The Morgan fingerprint density at radius 1 is 1.33 bits per heavy atom. The fourth-order valence-electron chi connectivity index (χ4n) is 2.21. The zero-order valence-corrected chi connectivity index (χ0v) is 13.1. The first-order valence-electron chi connectivity index (χ1n) is 6.99. The topological polar surface area (TPSA) is 59.6 Å². The average molecular weight is 315 g/mol. The highest BCUT2D eigenvalue weighted by molar-refractivity contribution is 5.85. The summed E-state index contributed by atoms with van der Waals surface area (Å²) in [6, 6.07) is 7.89. The van der Waals surface area contributed by atoms with Crippen LogP contribution < -0.4 is 15.4 Å². The van der Waals surface area contributed by atoms with Crippen LogP contribution in [0.15, 0.2) is 24.3 Å². The van der Waals surface area contributed by atoms with Crippen molar-refractivity contribution >= 4 is 18.3 Å². The molecule has 2 rings (SSSR count). The van der Waals surface area contributed by atoms with Gasteiger partial charge in [0.05, 0.1) is 12.5 Å². The van der Waals surface area contributed by atoms with Crippen molar-refractivity contribution in [3.8, 4) is 5.75 Å². The zero-order valence-electron chi connectivity index (χ0n) is 12.3. The smallest absolute Gasteiger partial charge is 0.226 e. The standard InChI is InChI=1S/C15H22N2O3.ClH/c1-19-9-8-16-6-7-17-15(18)13-10-12-4-2-3-5-14(12)20-11-13;/h2-5,13,16H,6-11H2,1H3,(H,17,18);1H. The van der Waals surface area contributed by atoms with E-state index in [1.165, 1.54) is 0 Å². The van der Waals surface area contributed by atoms with Crippen molar-refractivity contribution in [1.29, 1.82) is 0 Å². The number of benzene rings is 1. The summed E-state index contributed by atoms with van der Waals surface area (Å²) in [5, 5.41) is 6.13. The second kappa shape index (κ2) is 9.60. The van der Waals surface area contributed by atoms with Gasteiger partial charge in [-0.2, -0.15) is 0 Å². The maximum atomic E-state index is 12.1. The lowest BCUT2D eigenvalue weighted by molar-refractivity contribution is -0.126. The lowest BCUT2D eigenvalue weighted by atomic mass is 9.96. The number of rotatable bonds is 7. The van der Waals surface area contributed by atoms with Crippen molar-refractivity contribution in [3.05, 3.63) is 29.8 Å². The molecular formula is C15H23ClN2O3. The molecule has 0 saturated carbocycles. The summed E-state index contributed by atoms with van der Waals surface area (Å²) in [5.74, 6) is 0.870. The fourth-order valence-corrected chi connectivity index (χ4v) is 2.21. The third-order valence-corrected chi connectivity index (χ3v) is 3.33. The number of amides is 1. The van der Waals surface area contributed by atoms with E-state index in [1.54, 1.807) is 7.11 Å². The van der Waals surface area contributed by atoms with Gasteiger partial charge in [-0.1, -0.05) is 18.2 Å². The molecule has 0 radical (unpaired) electrons. The number of carbonyl (C=O) groups is 1. The van der Waals surface area contributed by atoms with E-state index >= 15 is 0 Å². The van der Waals surface area contributed by atoms with E-state index in [9.17, 15) is 4.79 Å². The van der Waals surface area contributed by atoms with Crippen LogP contribution in [0.3, 0.4) is 0 Å². The molecule has 0 spiro atoms. The largest absolute Gasteiger partial charge is 0.492 e. The number of methoxy groups -OCH3 is 1. The van der Waals surface area contributed by atoms with Crippen LogP contribution in [0.25, 0.3) is 0 Å². The van der Waals surface area contributed by atoms with E-state index < -0.39 is 0 Å². The normalized spacial score (nSPS) is 16.3. The summed E-state index contributed by atoms with van der Waals surface area (Å²) < 4.78 is 10.6. The third kappa shape index (κ3) is 5.53. The van der Waals surface area contributed by atoms with E-state index in [1.807, 2.05) is 24.3 Å². The maximum Gasteiger partial charge on any atom is 0.226 e. The molecule has 1 aliphatic heterocycles. The molecule has 0 fully saturated rings. The van der Waals surface area contributed by atoms with Gasteiger partial charge in [-0.15, -0.1) is 12.4 Å². The summed E-state index contributed by atoms with van der Waals surface area (Å²) in [4.78, 5) is 12.1. The van der Waals surface area contributed by atoms with Gasteiger partial charge in [0.2, 0.25) is 5.91 Å². The Kier molecular flexibility index (Phi) is 8.12. The molecule has 1 unspecified atom stereocenters. The Balaban J connectivity index is 0.00000220. The van der Waals surface area contributed by atoms with Gasteiger partial charge in [0.15, 0.2) is 0 Å². The van der Waals surface area contributed by atoms with Crippen molar-refractivity contribution in [2.75, 3.05) is 40.0 Å². The molecule has 1 aromatic rings. The highest BCUT2D eigenvalue weighted by Crippen LogP contribution is 2.26. The van der Waals surface area contributed by atoms with Crippen molar-refractivity contribution in [3.63, 3.8) is 0 Å². The molecule has 2 N–H and O–H groups in total. The minimum Gasteiger partial charge on any atom is -0.492 e. The summed E-state index contributed by atoms with van der Waals surface area (Å²) in [5.41, 5.74) is 1.11. The molecule has 1 amide bonds. The molecule has 0 aliphatic carbocycles. The number of para-hydroxylation sites is 1. The van der Waals surface area contributed by atoms with E-state index in [4.69, 9.17) is 9.47 Å². The number of hydrogen-bond donors (Lipinski definition) is 2. The number of ether oxygens (including phenoxy) is 2. The van der Waals surface area contributed by atoms with Gasteiger partial charge in [-0.25, -0.2) is 0 Å². The van der Waals surface area contributed by atoms with E-state index in [0.29, 0.717) is 19.8 Å². The van der Waals surface area contributed by atoms with Crippen LogP contribution in [0, 0.1) is 5.92 Å². The quantitative estimate of drug-likeness (QED) is 0.738. The first kappa shape index (κ1) is 17.8. The van der Waals surface area contributed by atoms with Crippen molar-refractivity contribution < 1.29 is 14.3 Å². The molecule has 1 aromatic carbocycles. The minimum absolute atomic E-state index is 0. The molecule has 0 saturated heterocycles. The molecule has 0 bridgehead atoms. The minimum atomic E-state index is -0.0936. The predicted octanol–water partition coefficient (Wildman–Crippen LogP) is 1.01. The molecule has 5 nitrogen and oxygen atoms in total. The van der Waals surface area contributed by atoms with Crippen molar-refractivity contribution in [2.45, 2.75) is 6.42 Å². The van der Waals surface area contributed by atoms with Gasteiger partial charge in [0.1, 0.15) is 12.4 Å². The lowest BCUT2D eigenvalue weighted by Gasteiger charge is -2.24. The van der Waals surface area contributed by atoms with Crippen LogP contribution in [0.4, 0.5) is 0 Å². The van der Waals surface area contributed by atoms with Crippen molar-refractivity contribution in [1.82, 2.24) is 10.6 Å². The predicted molar refractivity (Wildman–Crippen MR) is 84.1 cm³/mol. The van der Waals surface area contributed by atoms with E-state index in [2.05, 4.69) is 10.6 Å². The summed E-state index contributed by atoms with van der Waals surface area (Å²) in [6.07, 6.45) is 0.749. The second-order valence-electron chi connectivity index (χ2n) is 4.85. The van der Waals surface area contributed by atoms with Gasteiger partial charge in [0.25, 0.3) is 0 Å². The summed E-state index contributed by atoms with van der Waals surface area (Å²) >= 11 is 0. The highest BCUT2D eigenvalue weighted by Gasteiger charge is 2.25. The summed E-state index contributed by atoms with van der Waals surface area (Å²) in [6.45, 7) is 3.31. The second-order valence-corrected chi connectivity index (χ2v) is 4.85. The molecular weight excluding hydrogens is 292 g/mol. The number of halogens is 1. The number of hydrogen-bond acceptors (Lipinski definition) is 4. The van der Waals surface area contributed by atoms with Crippen LogP contribution in [-0.4, -0.2) is 45.9 Å². The first-order chi connectivity index (χ1) is 9.81. The fraction of sp³-hybridized carbons (Fsp3) is 0.533. The number of carbonyl (C=O) groups excluding carboxylic acids is 1. The van der Waals surface area contributed by atoms with Crippen molar-refractivity contribution in [2.24, 2.45) is 5.92 Å². The van der Waals surface area contributed by atoms with Gasteiger partial charge in [-0.3, -0.25) is 4.79 Å². The first-order valence-corrected chi connectivity index (χ1v) is 6.99. The Morgan fingerprint density at radius 3 is 2.95 bits per heavy atom. The van der Waals surface area contributed by atoms with Crippen LogP contribution in [0.1, 0.15) is 5.56 Å². The number of fused-ring (bicyclic) bond motifs is 1. The Bertz CT molecular complexity index is 443. The maximum absolute atomic E-state index is 12.1. The summed E-state index contributed by atoms with van der Waals surface area (Å²) in [7, 11) is 1.67. The van der Waals surface area contributed by atoms with Crippen LogP contribution in [-0.2, 0) is 16.0 Å². The number of nitrogens with one attached hydrogen (secondary N) is 2. The van der Waals surface area contributed by atoms with Gasteiger partial charge < -0.3 is 20.1 Å². The third-order valence-electron chi connectivity index (χ3n) is 3.33. The van der Waals surface area contributed by atoms with E-state index in [-0.39, 0.29) is 24.2 Å². The molecule has 0 aromatic heterocycles. The Labute approximate surface area is 131 Å².